The maximum Gasteiger partial charge on any atom is 0.265 e. The summed E-state index contributed by atoms with van der Waals surface area (Å²) < 4.78 is 27.3. The molecular weight excluding hydrogens is 440 g/mol. The van der Waals surface area contributed by atoms with Crippen molar-refractivity contribution in [3.05, 3.63) is 96.7 Å². The first-order chi connectivity index (χ1) is 16.0. The Labute approximate surface area is 190 Å². The molecule has 8 nitrogen and oxygen atoms in total. The van der Waals surface area contributed by atoms with Gasteiger partial charge in [0.15, 0.2) is 0 Å². The summed E-state index contributed by atoms with van der Waals surface area (Å²) in [6.07, 6.45) is 2.77. The third kappa shape index (κ3) is 4.83. The molecule has 0 atom stereocenters. The predicted molar refractivity (Wildman–Crippen MR) is 127 cm³/mol. The number of amides is 1. The first-order valence-corrected chi connectivity index (χ1v) is 11.4. The zero-order chi connectivity index (χ0) is 23.3. The largest absolute Gasteiger partial charge is 0.507 e. The molecule has 0 saturated heterocycles. The van der Waals surface area contributed by atoms with Gasteiger partial charge in [-0.15, -0.1) is 0 Å². The van der Waals surface area contributed by atoms with Gasteiger partial charge in [-0.1, -0.05) is 54.6 Å². The van der Waals surface area contributed by atoms with Crippen LogP contribution in [0, 0.1) is 0 Å². The lowest BCUT2D eigenvalue weighted by atomic mass is 10.0. The summed E-state index contributed by atoms with van der Waals surface area (Å²) >= 11 is 0. The third-order valence-electron chi connectivity index (χ3n) is 4.85. The monoisotopic (exact) mass is 460 g/mol. The quantitative estimate of drug-likeness (QED) is 0.325. The van der Waals surface area contributed by atoms with Crippen LogP contribution < -0.4 is 9.73 Å². The van der Waals surface area contributed by atoms with Crippen molar-refractivity contribution in [3.8, 4) is 5.75 Å². The van der Waals surface area contributed by atoms with Crippen molar-refractivity contribution in [2.24, 2.45) is 5.10 Å². The molecule has 33 heavy (non-hydrogen) atoms. The normalized spacial score (nSPS) is 11.5. The summed E-state index contributed by atoms with van der Waals surface area (Å²) in [6.45, 7) is -0.535. The Morgan fingerprint density at radius 3 is 2.45 bits per heavy atom. The number of carbonyl (C=O) groups is 1. The lowest BCUT2D eigenvalue weighted by Crippen LogP contribution is -2.40. The lowest BCUT2D eigenvalue weighted by Gasteiger charge is -2.22. The summed E-state index contributed by atoms with van der Waals surface area (Å²) in [4.78, 5) is 16.7. The van der Waals surface area contributed by atoms with E-state index in [0.29, 0.717) is 5.56 Å². The SMILES string of the molecule is O=C(CN(c1ccccn1)S(=O)(=O)c1ccccc1)N/N=C/c1c(O)ccc2ccccc12. The van der Waals surface area contributed by atoms with Gasteiger partial charge in [-0.3, -0.25) is 4.79 Å². The molecule has 0 bridgehead atoms. The van der Waals surface area contributed by atoms with E-state index in [1.165, 1.54) is 30.6 Å². The number of benzene rings is 3. The van der Waals surface area contributed by atoms with Crippen LogP contribution in [0.15, 0.2) is 101 Å². The summed E-state index contributed by atoms with van der Waals surface area (Å²) in [5.74, 6) is -0.559. The van der Waals surface area contributed by atoms with E-state index in [4.69, 9.17) is 0 Å². The predicted octanol–water partition coefficient (Wildman–Crippen LogP) is 3.29. The number of nitrogens with zero attached hydrogens (tertiary/aromatic N) is 3. The molecule has 0 aliphatic rings. The Morgan fingerprint density at radius 1 is 0.970 bits per heavy atom. The van der Waals surface area contributed by atoms with Crippen LogP contribution in [0.4, 0.5) is 5.82 Å². The van der Waals surface area contributed by atoms with Crippen molar-refractivity contribution in [2.75, 3.05) is 10.8 Å². The van der Waals surface area contributed by atoms with E-state index >= 15 is 0 Å². The number of fused-ring (bicyclic) bond motifs is 1. The number of aromatic hydroxyl groups is 1. The zero-order valence-electron chi connectivity index (χ0n) is 17.4. The van der Waals surface area contributed by atoms with Crippen LogP contribution in [0.25, 0.3) is 10.8 Å². The van der Waals surface area contributed by atoms with Gasteiger partial charge < -0.3 is 5.11 Å². The number of anilines is 1. The highest BCUT2D eigenvalue weighted by Gasteiger charge is 2.27. The number of phenolic OH excluding ortho intramolecular Hbond substituents is 1. The standard InChI is InChI=1S/C24H20N4O4S/c29-22-14-13-18-8-4-5-11-20(18)21(22)16-26-27-24(30)17-28(23-12-6-7-15-25-23)33(31,32)19-9-2-1-3-10-19/h1-16,29H,17H2,(H,27,30)/b26-16+. The second-order valence-electron chi connectivity index (χ2n) is 7.03. The molecule has 4 rings (SSSR count). The molecule has 0 unspecified atom stereocenters. The molecule has 0 fully saturated rings. The highest BCUT2D eigenvalue weighted by Crippen LogP contribution is 2.25. The van der Waals surface area contributed by atoms with Crippen molar-refractivity contribution >= 4 is 38.7 Å². The van der Waals surface area contributed by atoms with E-state index in [0.717, 1.165) is 15.1 Å². The maximum atomic E-state index is 13.2. The van der Waals surface area contributed by atoms with E-state index in [1.807, 2.05) is 24.3 Å². The summed E-state index contributed by atoms with van der Waals surface area (Å²) in [7, 11) is -4.04. The number of rotatable bonds is 7. The number of aromatic nitrogens is 1. The molecule has 1 amide bonds. The minimum atomic E-state index is -4.04. The fraction of sp³-hybridized carbons (Fsp3) is 0.0417. The number of pyridine rings is 1. The smallest absolute Gasteiger partial charge is 0.265 e. The van der Waals surface area contributed by atoms with E-state index in [2.05, 4.69) is 15.5 Å². The molecule has 0 aliphatic heterocycles. The first-order valence-electron chi connectivity index (χ1n) is 9.98. The molecule has 9 heteroatoms. The number of sulfonamides is 1. The topological polar surface area (TPSA) is 112 Å². The van der Waals surface area contributed by atoms with E-state index in [9.17, 15) is 18.3 Å². The van der Waals surface area contributed by atoms with Crippen molar-refractivity contribution < 1.29 is 18.3 Å². The molecule has 2 N–H and O–H groups in total. The number of nitrogens with one attached hydrogen (secondary N) is 1. The van der Waals surface area contributed by atoms with E-state index < -0.39 is 22.5 Å². The lowest BCUT2D eigenvalue weighted by molar-refractivity contribution is -0.119. The molecule has 166 valence electrons. The average molecular weight is 461 g/mol. The van der Waals surface area contributed by atoms with E-state index in [-0.39, 0.29) is 16.5 Å². The van der Waals surface area contributed by atoms with Crippen LogP contribution in [-0.2, 0) is 14.8 Å². The molecule has 1 aromatic heterocycles. The van der Waals surface area contributed by atoms with Gasteiger partial charge in [0, 0.05) is 11.8 Å². The second kappa shape index (κ2) is 9.49. The Bertz CT molecular complexity index is 1410. The molecule has 3 aromatic carbocycles. The van der Waals surface area contributed by atoms with E-state index in [1.54, 1.807) is 42.5 Å². The number of phenols is 1. The Kier molecular flexibility index (Phi) is 6.32. The zero-order valence-corrected chi connectivity index (χ0v) is 18.2. The molecule has 0 radical (unpaired) electrons. The van der Waals surface area contributed by atoms with Crippen LogP contribution in [0.3, 0.4) is 0 Å². The first kappa shape index (κ1) is 22.0. The molecule has 0 aliphatic carbocycles. The van der Waals surface area contributed by atoms with Crippen molar-refractivity contribution in [2.45, 2.75) is 4.90 Å². The highest BCUT2D eigenvalue weighted by atomic mass is 32.2. The van der Waals surface area contributed by atoms with Crippen LogP contribution >= 0.6 is 0 Å². The molecular formula is C24H20N4O4S. The number of carbonyl (C=O) groups excluding carboxylic acids is 1. The van der Waals surface area contributed by atoms with Crippen LogP contribution in [0.2, 0.25) is 0 Å². The van der Waals surface area contributed by atoms with Gasteiger partial charge >= 0.3 is 0 Å². The number of hydrazone groups is 1. The average Bonchev–Trinajstić information content (AvgIpc) is 2.85. The van der Waals surface area contributed by atoms with Crippen molar-refractivity contribution in [3.63, 3.8) is 0 Å². The fourth-order valence-electron chi connectivity index (χ4n) is 3.26. The van der Waals surface area contributed by atoms with Gasteiger partial charge in [0.05, 0.1) is 11.1 Å². The van der Waals surface area contributed by atoms with Crippen molar-refractivity contribution in [1.82, 2.24) is 10.4 Å². The Hall–Kier alpha value is -4.24. The van der Waals surface area contributed by atoms with Gasteiger partial charge in [0.25, 0.3) is 15.9 Å². The number of hydrogen-bond acceptors (Lipinski definition) is 6. The summed E-state index contributed by atoms with van der Waals surface area (Å²) in [5.41, 5.74) is 2.77. The minimum absolute atomic E-state index is 0.00784. The van der Waals surface area contributed by atoms with Gasteiger partial charge in [0.2, 0.25) is 0 Å². The van der Waals surface area contributed by atoms with Crippen LogP contribution in [-0.4, -0.2) is 37.2 Å². The minimum Gasteiger partial charge on any atom is -0.507 e. The van der Waals surface area contributed by atoms with Gasteiger partial charge in [0.1, 0.15) is 18.1 Å². The maximum absolute atomic E-state index is 13.2. The second-order valence-corrected chi connectivity index (χ2v) is 8.89. The Morgan fingerprint density at radius 2 is 1.70 bits per heavy atom. The van der Waals surface area contributed by atoms with Gasteiger partial charge in [-0.25, -0.2) is 23.1 Å². The van der Waals surface area contributed by atoms with Crippen LogP contribution in [0.1, 0.15) is 5.56 Å². The van der Waals surface area contributed by atoms with Crippen molar-refractivity contribution in [1.29, 1.82) is 0 Å². The summed E-state index contributed by atoms with van der Waals surface area (Å²) in [5, 5.41) is 15.8. The van der Waals surface area contributed by atoms with Crippen LogP contribution in [0.5, 0.6) is 5.75 Å². The molecule has 1 heterocycles. The molecule has 0 saturated carbocycles. The highest BCUT2D eigenvalue weighted by molar-refractivity contribution is 7.92. The summed E-state index contributed by atoms with van der Waals surface area (Å²) in [6, 6.07) is 23.3. The van der Waals surface area contributed by atoms with Gasteiger partial charge in [-0.2, -0.15) is 5.10 Å². The fourth-order valence-corrected chi connectivity index (χ4v) is 4.66. The number of hydrogen-bond donors (Lipinski definition) is 2. The molecule has 0 spiro atoms. The molecule has 4 aromatic rings. The third-order valence-corrected chi connectivity index (χ3v) is 6.62. The Balaban J connectivity index is 1.57. The van der Waals surface area contributed by atoms with Gasteiger partial charge in [-0.05, 0) is 41.1 Å².